The third-order valence-electron chi connectivity index (χ3n) is 2.95. The highest BCUT2D eigenvalue weighted by Crippen LogP contribution is 2.35. The number of carbonyl (C=O) groups excluding carboxylic acids is 2. The Morgan fingerprint density at radius 3 is 2.40 bits per heavy atom. The Bertz CT molecular complexity index is 653. The maximum absolute atomic E-state index is 13.9. The van der Waals surface area contributed by atoms with Crippen LogP contribution in [0, 0.1) is 5.82 Å². The van der Waals surface area contributed by atoms with Crippen LogP contribution in [0.3, 0.4) is 0 Å². The van der Waals surface area contributed by atoms with Gasteiger partial charge in [-0.1, -0.05) is 11.6 Å². The Hall–Kier alpha value is -2.08. The molecule has 1 aromatic carbocycles. The normalized spacial score (nSPS) is 15.3. The number of likely N-dealkylation sites (N-methyl/N-ethyl adjacent to an activating group) is 1. The van der Waals surface area contributed by atoms with Gasteiger partial charge in [0.15, 0.2) is 0 Å². The molecule has 1 fully saturated rings. The van der Waals surface area contributed by atoms with Crippen molar-refractivity contribution in [2.45, 2.75) is 13.8 Å². The summed E-state index contributed by atoms with van der Waals surface area (Å²) in [4.78, 5) is 26.2. The molecule has 20 heavy (non-hydrogen) atoms. The predicted octanol–water partition coefficient (Wildman–Crippen LogP) is 2.88. The van der Waals surface area contributed by atoms with Crippen molar-refractivity contribution >= 4 is 29.2 Å². The summed E-state index contributed by atoms with van der Waals surface area (Å²) in [6.45, 7) is 3.35. The number of benzene rings is 1. The number of carbonyl (C=O) groups is 2. The Morgan fingerprint density at radius 1 is 1.30 bits per heavy atom. The smallest absolute Gasteiger partial charge is 0.336 e. The fourth-order valence-electron chi connectivity index (χ4n) is 2.04. The van der Waals surface area contributed by atoms with E-state index in [0.717, 1.165) is 17.0 Å². The minimum atomic E-state index is -0.863. The molecule has 0 bridgehead atoms. The SMILES string of the molecule is CC(C)=C1C(=O)N(c2cc(O)c(Cl)cc2F)C(=O)N1C. The van der Waals surface area contributed by atoms with Gasteiger partial charge < -0.3 is 5.11 Å². The highest BCUT2D eigenvalue weighted by atomic mass is 35.5. The maximum Gasteiger partial charge on any atom is 0.336 e. The number of halogens is 2. The number of hydrogen-bond donors (Lipinski definition) is 1. The van der Waals surface area contributed by atoms with Crippen LogP contribution >= 0.6 is 11.6 Å². The molecule has 1 saturated heterocycles. The number of allylic oxidation sites excluding steroid dienone is 1. The Kier molecular flexibility index (Phi) is 3.43. The Morgan fingerprint density at radius 2 is 1.90 bits per heavy atom. The molecule has 0 spiro atoms. The molecular formula is C13H12ClFN2O3. The van der Waals surface area contributed by atoms with Crippen molar-refractivity contribution in [1.29, 1.82) is 0 Å². The molecule has 106 valence electrons. The Balaban J connectivity index is 2.60. The van der Waals surface area contributed by atoms with Gasteiger partial charge in [-0.2, -0.15) is 0 Å². The van der Waals surface area contributed by atoms with E-state index >= 15 is 0 Å². The van der Waals surface area contributed by atoms with Crippen LogP contribution in [0.15, 0.2) is 23.4 Å². The number of urea groups is 1. The lowest BCUT2D eigenvalue weighted by atomic mass is 10.2. The van der Waals surface area contributed by atoms with E-state index in [2.05, 4.69) is 0 Å². The largest absolute Gasteiger partial charge is 0.506 e. The number of amides is 3. The summed E-state index contributed by atoms with van der Waals surface area (Å²) in [7, 11) is 1.43. The summed E-state index contributed by atoms with van der Waals surface area (Å²) in [5.41, 5.74) is 0.487. The van der Waals surface area contributed by atoms with Crippen molar-refractivity contribution in [1.82, 2.24) is 4.90 Å². The molecular weight excluding hydrogens is 287 g/mol. The van der Waals surface area contributed by atoms with Crippen LogP contribution in [0.5, 0.6) is 5.75 Å². The van der Waals surface area contributed by atoms with E-state index in [9.17, 15) is 19.1 Å². The fraction of sp³-hybridized carbons (Fsp3) is 0.231. The van der Waals surface area contributed by atoms with Gasteiger partial charge in [-0.3, -0.25) is 9.69 Å². The second-order valence-corrected chi connectivity index (χ2v) is 4.99. The molecule has 7 heteroatoms. The van der Waals surface area contributed by atoms with Gasteiger partial charge in [-0.15, -0.1) is 0 Å². The van der Waals surface area contributed by atoms with Crippen LogP contribution in [-0.4, -0.2) is 29.0 Å². The average Bonchev–Trinajstić information content (AvgIpc) is 2.56. The summed E-state index contributed by atoms with van der Waals surface area (Å²) in [5, 5.41) is 9.33. The van der Waals surface area contributed by atoms with Gasteiger partial charge in [0.25, 0.3) is 5.91 Å². The van der Waals surface area contributed by atoms with Crippen LogP contribution < -0.4 is 4.90 Å². The number of nitrogens with zero attached hydrogens (tertiary/aromatic N) is 2. The number of phenols is 1. The number of rotatable bonds is 1. The molecule has 0 atom stereocenters. The van der Waals surface area contributed by atoms with Gasteiger partial charge in [-0.05, 0) is 25.5 Å². The van der Waals surface area contributed by atoms with Crippen LogP contribution in [0.2, 0.25) is 5.02 Å². The average molecular weight is 299 g/mol. The minimum absolute atomic E-state index is 0.184. The summed E-state index contributed by atoms with van der Waals surface area (Å²) in [6.07, 6.45) is 0. The molecule has 3 amide bonds. The topological polar surface area (TPSA) is 60.9 Å². The predicted molar refractivity (Wildman–Crippen MR) is 72.1 cm³/mol. The van der Waals surface area contributed by atoms with Gasteiger partial charge in [-0.25, -0.2) is 14.1 Å². The first-order valence-electron chi connectivity index (χ1n) is 5.73. The third kappa shape index (κ3) is 2.02. The summed E-state index contributed by atoms with van der Waals surface area (Å²) in [5.74, 6) is -1.91. The standard InChI is InChI=1S/C13H12ClFN2O3/c1-6(2)11-12(19)17(13(20)16(11)3)9-5-10(18)7(14)4-8(9)15/h4-5,18H,1-3H3. The summed E-state index contributed by atoms with van der Waals surface area (Å²) < 4.78 is 13.9. The Labute approximate surface area is 119 Å². The van der Waals surface area contributed by atoms with Crippen molar-refractivity contribution in [2.24, 2.45) is 0 Å². The van der Waals surface area contributed by atoms with Gasteiger partial charge in [0.1, 0.15) is 17.3 Å². The highest BCUT2D eigenvalue weighted by Gasteiger charge is 2.41. The first-order valence-corrected chi connectivity index (χ1v) is 6.11. The fourth-order valence-corrected chi connectivity index (χ4v) is 2.19. The van der Waals surface area contributed by atoms with Gasteiger partial charge in [0.2, 0.25) is 0 Å². The van der Waals surface area contributed by atoms with E-state index in [-0.39, 0.29) is 16.4 Å². The third-order valence-corrected chi connectivity index (χ3v) is 3.25. The molecule has 0 aromatic heterocycles. The molecule has 0 saturated carbocycles. The van der Waals surface area contributed by atoms with Crippen molar-refractivity contribution in [3.63, 3.8) is 0 Å². The van der Waals surface area contributed by atoms with E-state index in [1.807, 2.05) is 0 Å². The van der Waals surface area contributed by atoms with Crippen molar-refractivity contribution < 1.29 is 19.1 Å². The number of phenolic OH excluding ortho intramolecular Hbond substituents is 1. The van der Waals surface area contributed by atoms with Crippen molar-refractivity contribution in [3.8, 4) is 5.75 Å². The van der Waals surface area contributed by atoms with E-state index in [1.165, 1.54) is 7.05 Å². The van der Waals surface area contributed by atoms with Crippen LogP contribution in [0.25, 0.3) is 0 Å². The molecule has 0 unspecified atom stereocenters. The van der Waals surface area contributed by atoms with Crippen molar-refractivity contribution in [3.05, 3.63) is 34.2 Å². The first-order chi connectivity index (χ1) is 9.25. The van der Waals surface area contributed by atoms with E-state index in [0.29, 0.717) is 10.5 Å². The molecule has 2 rings (SSSR count). The van der Waals surface area contributed by atoms with E-state index < -0.39 is 23.5 Å². The molecule has 1 aromatic rings. The monoisotopic (exact) mass is 298 g/mol. The number of imide groups is 1. The second kappa shape index (κ2) is 4.79. The molecule has 1 aliphatic heterocycles. The van der Waals surface area contributed by atoms with Crippen molar-refractivity contribution in [2.75, 3.05) is 11.9 Å². The first kappa shape index (κ1) is 14.3. The van der Waals surface area contributed by atoms with E-state index in [1.54, 1.807) is 13.8 Å². The molecule has 5 nitrogen and oxygen atoms in total. The zero-order valence-corrected chi connectivity index (χ0v) is 11.8. The maximum atomic E-state index is 13.9. The zero-order valence-electron chi connectivity index (χ0n) is 11.1. The molecule has 1 N–H and O–H groups in total. The van der Waals surface area contributed by atoms with Crippen LogP contribution in [-0.2, 0) is 4.79 Å². The second-order valence-electron chi connectivity index (χ2n) is 4.59. The minimum Gasteiger partial charge on any atom is -0.506 e. The lowest BCUT2D eigenvalue weighted by Gasteiger charge is -2.14. The lowest BCUT2D eigenvalue weighted by molar-refractivity contribution is -0.114. The van der Waals surface area contributed by atoms with Gasteiger partial charge >= 0.3 is 6.03 Å². The van der Waals surface area contributed by atoms with Gasteiger partial charge in [0, 0.05) is 13.1 Å². The lowest BCUT2D eigenvalue weighted by Crippen LogP contribution is -2.32. The zero-order chi connectivity index (χ0) is 15.2. The van der Waals surface area contributed by atoms with E-state index in [4.69, 9.17) is 11.6 Å². The molecule has 0 radical (unpaired) electrons. The highest BCUT2D eigenvalue weighted by molar-refractivity contribution is 6.32. The van der Waals surface area contributed by atoms with Gasteiger partial charge in [0.05, 0.1) is 10.7 Å². The number of anilines is 1. The number of hydrogen-bond acceptors (Lipinski definition) is 3. The summed E-state index contributed by atoms with van der Waals surface area (Å²) >= 11 is 5.58. The quantitative estimate of drug-likeness (QED) is 0.640. The van der Waals surface area contributed by atoms with Crippen LogP contribution in [0.1, 0.15) is 13.8 Å². The molecule has 0 aliphatic carbocycles. The summed E-state index contributed by atoms with van der Waals surface area (Å²) in [6, 6.07) is 1.12. The van der Waals surface area contributed by atoms with Crippen LogP contribution in [0.4, 0.5) is 14.9 Å². The number of aromatic hydroxyl groups is 1. The molecule has 1 aliphatic rings. The molecule has 1 heterocycles.